The molecular formula is C21H33ClO2. The lowest BCUT2D eigenvalue weighted by atomic mass is 10.1. The molecule has 0 radical (unpaired) electrons. The molecule has 2 nitrogen and oxygen atoms in total. The summed E-state index contributed by atoms with van der Waals surface area (Å²) in [7, 11) is 0. The van der Waals surface area contributed by atoms with Crippen LogP contribution in [0.15, 0.2) is 24.3 Å². The summed E-state index contributed by atoms with van der Waals surface area (Å²) in [5.41, 5.74) is 0.457. The maximum atomic E-state index is 11.9. The van der Waals surface area contributed by atoms with E-state index in [9.17, 15) is 4.79 Å². The summed E-state index contributed by atoms with van der Waals surface area (Å²) in [5, 5.41) is 0.456. The summed E-state index contributed by atoms with van der Waals surface area (Å²) in [6.45, 7) is 2.75. The van der Waals surface area contributed by atoms with Gasteiger partial charge in [-0.05, 0) is 18.6 Å². The molecule has 0 amide bonds. The van der Waals surface area contributed by atoms with Crippen LogP contribution in [0.1, 0.15) is 94.3 Å². The molecule has 0 N–H and O–H groups in total. The molecule has 0 atom stereocenters. The van der Waals surface area contributed by atoms with Crippen LogP contribution in [0.25, 0.3) is 0 Å². The van der Waals surface area contributed by atoms with Gasteiger partial charge in [-0.3, -0.25) is 0 Å². The molecule has 0 fully saturated rings. The summed E-state index contributed by atoms with van der Waals surface area (Å²) in [6.07, 6.45) is 15.6. The first-order chi connectivity index (χ1) is 11.8. The van der Waals surface area contributed by atoms with Gasteiger partial charge < -0.3 is 4.74 Å². The van der Waals surface area contributed by atoms with Gasteiger partial charge in [-0.2, -0.15) is 0 Å². The Labute approximate surface area is 152 Å². The average Bonchev–Trinajstić information content (AvgIpc) is 2.59. The molecular weight excluding hydrogens is 320 g/mol. The molecule has 136 valence electrons. The predicted octanol–water partition coefficient (Wildman–Crippen LogP) is 7.20. The molecule has 1 aromatic carbocycles. The highest BCUT2D eigenvalue weighted by Crippen LogP contribution is 2.16. The van der Waals surface area contributed by atoms with E-state index >= 15 is 0 Å². The van der Waals surface area contributed by atoms with E-state index in [0.717, 1.165) is 12.8 Å². The first kappa shape index (κ1) is 21.0. The number of benzene rings is 1. The van der Waals surface area contributed by atoms with Crippen LogP contribution < -0.4 is 0 Å². The predicted molar refractivity (Wildman–Crippen MR) is 103 cm³/mol. The molecule has 0 saturated carbocycles. The zero-order chi connectivity index (χ0) is 17.5. The fourth-order valence-electron chi connectivity index (χ4n) is 2.81. The summed E-state index contributed by atoms with van der Waals surface area (Å²) in [4.78, 5) is 11.9. The zero-order valence-corrected chi connectivity index (χ0v) is 16.0. The molecule has 0 heterocycles. The number of carbonyl (C=O) groups excluding carboxylic acids is 1. The topological polar surface area (TPSA) is 26.3 Å². The monoisotopic (exact) mass is 352 g/mol. The molecule has 0 aromatic heterocycles. The van der Waals surface area contributed by atoms with Gasteiger partial charge in [0.2, 0.25) is 0 Å². The third kappa shape index (κ3) is 9.97. The van der Waals surface area contributed by atoms with E-state index in [1.807, 2.05) is 6.07 Å². The molecule has 0 unspecified atom stereocenters. The minimum Gasteiger partial charge on any atom is -0.462 e. The maximum absolute atomic E-state index is 11.9. The number of unbranched alkanes of at least 4 members (excludes halogenated alkanes) is 11. The summed E-state index contributed by atoms with van der Waals surface area (Å²) >= 11 is 5.98. The van der Waals surface area contributed by atoms with Crippen molar-refractivity contribution >= 4 is 17.6 Å². The third-order valence-corrected chi connectivity index (χ3v) is 4.65. The second kappa shape index (κ2) is 14.3. The Morgan fingerprint density at radius 2 is 1.33 bits per heavy atom. The molecule has 0 bridgehead atoms. The molecule has 24 heavy (non-hydrogen) atoms. The van der Waals surface area contributed by atoms with Gasteiger partial charge in [0.25, 0.3) is 0 Å². The molecule has 0 saturated heterocycles. The van der Waals surface area contributed by atoms with Crippen LogP contribution in [-0.4, -0.2) is 12.6 Å². The molecule has 0 spiro atoms. The number of esters is 1. The van der Waals surface area contributed by atoms with E-state index in [0.29, 0.717) is 17.2 Å². The molecule has 0 aliphatic rings. The SMILES string of the molecule is CCCCCCCCCCCCCCOC(=O)c1ccccc1Cl. The van der Waals surface area contributed by atoms with Gasteiger partial charge in [0.1, 0.15) is 0 Å². The normalized spacial score (nSPS) is 10.8. The Morgan fingerprint density at radius 1 is 0.833 bits per heavy atom. The Bertz CT molecular complexity index is 445. The van der Waals surface area contributed by atoms with Crippen molar-refractivity contribution in [3.05, 3.63) is 34.9 Å². The van der Waals surface area contributed by atoms with Crippen LogP contribution in [0.5, 0.6) is 0 Å². The highest BCUT2D eigenvalue weighted by atomic mass is 35.5. The van der Waals surface area contributed by atoms with Gasteiger partial charge in [0, 0.05) is 0 Å². The van der Waals surface area contributed by atoms with Gasteiger partial charge in [-0.25, -0.2) is 4.79 Å². The van der Waals surface area contributed by atoms with Crippen molar-refractivity contribution in [1.82, 2.24) is 0 Å². The van der Waals surface area contributed by atoms with Gasteiger partial charge in [-0.1, -0.05) is 101 Å². The highest BCUT2D eigenvalue weighted by molar-refractivity contribution is 6.33. The maximum Gasteiger partial charge on any atom is 0.339 e. The minimum atomic E-state index is -0.316. The van der Waals surface area contributed by atoms with Crippen molar-refractivity contribution in [1.29, 1.82) is 0 Å². The molecule has 3 heteroatoms. The van der Waals surface area contributed by atoms with E-state index in [-0.39, 0.29) is 5.97 Å². The van der Waals surface area contributed by atoms with Crippen LogP contribution in [0, 0.1) is 0 Å². The van der Waals surface area contributed by atoms with E-state index in [1.54, 1.807) is 18.2 Å². The van der Waals surface area contributed by atoms with Crippen molar-refractivity contribution in [2.75, 3.05) is 6.61 Å². The Balaban J connectivity index is 1.89. The Hall–Kier alpha value is -1.02. The van der Waals surface area contributed by atoms with Crippen LogP contribution in [-0.2, 0) is 4.74 Å². The first-order valence-electron chi connectivity index (χ1n) is 9.67. The van der Waals surface area contributed by atoms with Crippen LogP contribution in [0.3, 0.4) is 0 Å². The molecule has 0 aliphatic heterocycles. The van der Waals surface area contributed by atoms with Gasteiger partial charge in [-0.15, -0.1) is 0 Å². The van der Waals surface area contributed by atoms with Crippen molar-refractivity contribution in [3.8, 4) is 0 Å². The molecule has 1 aromatic rings. The number of ether oxygens (including phenoxy) is 1. The van der Waals surface area contributed by atoms with Crippen LogP contribution >= 0.6 is 11.6 Å². The lowest BCUT2D eigenvalue weighted by Gasteiger charge is -2.06. The fraction of sp³-hybridized carbons (Fsp3) is 0.667. The number of hydrogen-bond donors (Lipinski definition) is 0. The van der Waals surface area contributed by atoms with Crippen molar-refractivity contribution in [2.45, 2.75) is 84.0 Å². The van der Waals surface area contributed by atoms with Crippen LogP contribution in [0.2, 0.25) is 5.02 Å². The largest absolute Gasteiger partial charge is 0.462 e. The van der Waals surface area contributed by atoms with E-state index in [1.165, 1.54) is 64.2 Å². The Morgan fingerprint density at radius 3 is 1.88 bits per heavy atom. The second-order valence-electron chi connectivity index (χ2n) is 6.50. The third-order valence-electron chi connectivity index (χ3n) is 4.32. The first-order valence-corrected chi connectivity index (χ1v) is 10.0. The number of hydrogen-bond acceptors (Lipinski definition) is 2. The van der Waals surface area contributed by atoms with Gasteiger partial charge in [0.15, 0.2) is 0 Å². The van der Waals surface area contributed by atoms with E-state index in [4.69, 9.17) is 16.3 Å². The van der Waals surface area contributed by atoms with Crippen molar-refractivity contribution in [3.63, 3.8) is 0 Å². The quantitative estimate of drug-likeness (QED) is 0.261. The standard InChI is InChI=1S/C21H33ClO2/c1-2-3-4-5-6-7-8-9-10-11-12-15-18-24-21(23)19-16-13-14-17-20(19)22/h13-14,16-17H,2-12,15,18H2,1H3. The van der Waals surface area contributed by atoms with Crippen LogP contribution in [0.4, 0.5) is 0 Å². The number of halogens is 1. The smallest absolute Gasteiger partial charge is 0.339 e. The van der Waals surface area contributed by atoms with Gasteiger partial charge in [0.05, 0.1) is 17.2 Å². The molecule has 1 rings (SSSR count). The Kier molecular flexibility index (Phi) is 12.6. The second-order valence-corrected chi connectivity index (χ2v) is 6.91. The molecule has 0 aliphatic carbocycles. The number of carbonyl (C=O) groups is 1. The van der Waals surface area contributed by atoms with Gasteiger partial charge >= 0.3 is 5.97 Å². The number of rotatable bonds is 14. The van der Waals surface area contributed by atoms with Crippen molar-refractivity contribution < 1.29 is 9.53 Å². The fourth-order valence-corrected chi connectivity index (χ4v) is 3.03. The summed E-state index contributed by atoms with van der Waals surface area (Å²) in [6, 6.07) is 7.02. The highest BCUT2D eigenvalue weighted by Gasteiger charge is 2.10. The summed E-state index contributed by atoms with van der Waals surface area (Å²) in [5.74, 6) is -0.316. The summed E-state index contributed by atoms with van der Waals surface area (Å²) < 4.78 is 5.28. The average molecular weight is 353 g/mol. The lowest BCUT2D eigenvalue weighted by molar-refractivity contribution is 0.0498. The lowest BCUT2D eigenvalue weighted by Crippen LogP contribution is -2.07. The minimum absolute atomic E-state index is 0.316. The van der Waals surface area contributed by atoms with Crippen molar-refractivity contribution in [2.24, 2.45) is 0 Å². The van der Waals surface area contributed by atoms with E-state index in [2.05, 4.69) is 6.92 Å². The van der Waals surface area contributed by atoms with E-state index < -0.39 is 0 Å². The zero-order valence-electron chi connectivity index (χ0n) is 15.2.